The summed E-state index contributed by atoms with van der Waals surface area (Å²) in [6.07, 6.45) is 1.07. The lowest BCUT2D eigenvalue weighted by molar-refractivity contribution is -0.153. The lowest BCUT2D eigenvalue weighted by atomic mass is 10.0. The van der Waals surface area contributed by atoms with Crippen molar-refractivity contribution >= 4 is 11.9 Å². The van der Waals surface area contributed by atoms with Gasteiger partial charge in [-0.2, -0.15) is 0 Å². The van der Waals surface area contributed by atoms with Gasteiger partial charge in [0.25, 0.3) is 0 Å². The third kappa shape index (κ3) is 10.4. The number of aliphatic carboxylic acids is 1. The lowest BCUT2D eigenvalue weighted by Gasteiger charge is -2.21. The van der Waals surface area contributed by atoms with Crippen LogP contribution in [0.4, 0.5) is 4.39 Å². The van der Waals surface area contributed by atoms with Crippen molar-refractivity contribution in [3.05, 3.63) is 59.7 Å². The summed E-state index contributed by atoms with van der Waals surface area (Å²) >= 11 is 0. The predicted molar refractivity (Wildman–Crippen MR) is 122 cm³/mol. The van der Waals surface area contributed by atoms with E-state index < -0.39 is 24.9 Å². The van der Waals surface area contributed by atoms with Gasteiger partial charge in [0.2, 0.25) is 6.86 Å². The van der Waals surface area contributed by atoms with Crippen molar-refractivity contribution in [1.29, 1.82) is 0 Å². The fourth-order valence-electron chi connectivity index (χ4n) is 3.20. The minimum atomic E-state index is -1.04. The summed E-state index contributed by atoms with van der Waals surface area (Å²) in [6.45, 7) is -0.00133. The van der Waals surface area contributed by atoms with Crippen LogP contribution in [0, 0.1) is 0 Å². The molecule has 1 unspecified atom stereocenters. The number of benzene rings is 2. The Kier molecular flexibility index (Phi) is 11.2. The van der Waals surface area contributed by atoms with Gasteiger partial charge >= 0.3 is 11.9 Å². The zero-order valence-corrected chi connectivity index (χ0v) is 19.2. The molecule has 2 aromatic rings. The molecule has 33 heavy (non-hydrogen) atoms. The molecule has 7 nitrogen and oxygen atoms in total. The summed E-state index contributed by atoms with van der Waals surface area (Å²) in [5, 5.41) is 8.77. The molecule has 1 atom stereocenters. The Morgan fingerprint density at radius 2 is 1.82 bits per heavy atom. The second-order valence-corrected chi connectivity index (χ2v) is 7.92. The Hall–Kier alpha value is -3.13. The van der Waals surface area contributed by atoms with Gasteiger partial charge in [-0.3, -0.25) is 9.59 Å². The molecule has 0 radical (unpaired) electrons. The number of esters is 1. The minimum absolute atomic E-state index is 0.170. The standard InChI is InChI=1S/C25H32FNO6/c1-27(2)15-14-22(33-25(30)13-12-24(28)29)17-31-23-9-4-3-7-20(23)11-10-19-6-5-8-21(16-19)32-18-26/h3-9,16,22H,10-15,17-18H2,1-2H3,(H,28,29). The van der Waals surface area contributed by atoms with E-state index in [1.807, 2.05) is 61.5 Å². The van der Waals surface area contributed by atoms with Gasteiger partial charge < -0.3 is 24.2 Å². The number of nitrogens with zero attached hydrogens (tertiary/aromatic N) is 1. The maximum Gasteiger partial charge on any atom is 0.306 e. The van der Waals surface area contributed by atoms with Crippen molar-refractivity contribution in [1.82, 2.24) is 4.90 Å². The van der Waals surface area contributed by atoms with E-state index in [0.29, 0.717) is 30.9 Å². The van der Waals surface area contributed by atoms with E-state index in [0.717, 1.165) is 17.5 Å². The predicted octanol–water partition coefficient (Wildman–Crippen LogP) is 3.88. The molecule has 0 saturated heterocycles. The first kappa shape index (κ1) is 26.1. The summed E-state index contributed by atoms with van der Waals surface area (Å²) < 4.78 is 28.8. The van der Waals surface area contributed by atoms with Crippen molar-refractivity contribution in [3.8, 4) is 11.5 Å². The maximum atomic E-state index is 12.4. The third-order valence-electron chi connectivity index (χ3n) is 4.94. The zero-order valence-electron chi connectivity index (χ0n) is 19.2. The van der Waals surface area contributed by atoms with Crippen LogP contribution >= 0.6 is 0 Å². The third-order valence-corrected chi connectivity index (χ3v) is 4.94. The molecule has 8 heteroatoms. The summed E-state index contributed by atoms with van der Waals surface area (Å²) in [6, 6.07) is 15.0. The van der Waals surface area contributed by atoms with Gasteiger partial charge in [-0.1, -0.05) is 30.3 Å². The molecule has 0 spiro atoms. The second kappa shape index (κ2) is 14.1. The Bertz CT molecular complexity index is 889. The number of carbonyl (C=O) groups excluding carboxylic acids is 1. The Morgan fingerprint density at radius 3 is 2.55 bits per heavy atom. The zero-order chi connectivity index (χ0) is 24.1. The quantitative estimate of drug-likeness (QED) is 0.403. The first-order chi connectivity index (χ1) is 15.9. The molecule has 0 aromatic heterocycles. The molecule has 0 amide bonds. The number of carboxylic acids is 1. The average Bonchev–Trinajstić information content (AvgIpc) is 2.79. The van der Waals surface area contributed by atoms with Gasteiger partial charge in [0.15, 0.2) is 0 Å². The van der Waals surface area contributed by atoms with Gasteiger partial charge in [0, 0.05) is 13.0 Å². The largest absolute Gasteiger partial charge is 0.489 e. The Morgan fingerprint density at radius 1 is 1.03 bits per heavy atom. The molecule has 0 bridgehead atoms. The van der Waals surface area contributed by atoms with Crippen molar-refractivity contribution in [2.24, 2.45) is 0 Å². The number of carboxylic acid groups (broad SMARTS) is 1. The van der Waals surface area contributed by atoms with E-state index in [-0.39, 0.29) is 19.4 Å². The molecule has 0 aliphatic heterocycles. The van der Waals surface area contributed by atoms with Crippen molar-refractivity contribution in [2.45, 2.75) is 38.2 Å². The molecule has 180 valence electrons. The van der Waals surface area contributed by atoms with Gasteiger partial charge in [-0.25, -0.2) is 4.39 Å². The number of para-hydroxylation sites is 1. The van der Waals surface area contributed by atoms with E-state index in [9.17, 15) is 14.0 Å². The molecule has 0 aliphatic rings. The number of ether oxygens (including phenoxy) is 3. The summed E-state index contributed by atoms with van der Waals surface area (Å²) in [7, 11) is 3.85. The summed E-state index contributed by atoms with van der Waals surface area (Å²) in [5.41, 5.74) is 2.02. The maximum absolute atomic E-state index is 12.4. The molecule has 0 aliphatic carbocycles. The van der Waals surface area contributed by atoms with Gasteiger partial charge in [-0.05, 0) is 56.3 Å². The number of rotatable bonds is 15. The summed E-state index contributed by atoms with van der Waals surface area (Å²) in [4.78, 5) is 24.7. The topological polar surface area (TPSA) is 85.3 Å². The number of carbonyl (C=O) groups is 2. The van der Waals surface area contributed by atoms with Crippen LogP contribution in [0.25, 0.3) is 0 Å². The normalized spacial score (nSPS) is 11.8. The van der Waals surface area contributed by atoms with Crippen molar-refractivity contribution < 1.29 is 33.3 Å². The highest BCUT2D eigenvalue weighted by molar-refractivity contribution is 5.76. The van der Waals surface area contributed by atoms with Crippen LogP contribution in [-0.4, -0.2) is 62.2 Å². The Labute approximate surface area is 194 Å². The van der Waals surface area contributed by atoms with Crippen LogP contribution in [0.2, 0.25) is 0 Å². The molecule has 0 saturated carbocycles. The molecule has 0 fully saturated rings. The highest BCUT2D eigenvalue weighted by Gasteiger charge is 2.17. The molecule has 2 aromatic carbocycles. The van der Waals surface area contributed by atoms with E-state index in [1.54, 1.807) is 6.07 Å². The van der Waals surface area contributed by atoms with Gasteiger partial charge in [0.05, 0.1) is 12.8 Å². The molecular formula is C25H32FNO6. The fraction of sp³-hybridized carbons (Fsp3) is 0.440. The number of aryl methyl sites for hydroxylation is 2. The highest BCUT2D eigenvalue weighted by Crippen LogP contribution is 2.22. The van der Waals surface area contributed by atoms with Crippen LogP contribution in [0.5, 0.6) is 11.5 Å². The van der Waals surface area contributed by atoms with Crippen LogP contribution in [0.1, 0.15) is 30.4 Å². The van der Waals surface area contributed by atoms with Crippen LogP contribution in [0.15, 0.2) is 48.5 Å². The lowest BCUT2D eigenvalue weighted by Crippen LogP contribution is -2.29. The van der Waals surface area contributed by atoms with Crippen LogP contribution in [-0.2, 0) is 27.2 Å². The smallest absolute Gasteiger partial charge is 0.306 e. The van der Waals surface area contributed by atoms with E-state index in [2.05, 4.69) is 0 Å². The number of halogens is 1. The van der Waals surface area contributed by atoms with Gasteiger partial charge in [-0.15, -0.1) is 0 Å². The van der Waals surface area contributed by atoms with E-state index in [4.69, 9.17) is 19.3 Å². The molecular weight excluding hydrogens is 429 g/mol. The molecule has 2 rings (SSSR count). The Balaban J connectivity index is 1.98. The number of hydrogen-bond donors (Lipinski definition) is 1. The second-order valence-electron chi connectivity index (χ2n) is 7.92. The van der Waals surface area contributed by atoms with Crippen molar-refractivity contribution in [2.75, 3.05) is 34.1 Å². The average molecular weight is 462 g/mol. The van der Waals surface area contributed by atoms with E-state index in [1.165, 1.54) is 0 Å². The highest BCUT2D eigenvalue weighted by atomic mass is 19.1. The van der Waals surface area contributed by atoms with Crippen LogP contribution in [0.3, 0.4) is 0 Å². The SMILES string of the molecule is CN(C)CCC(COc1ccccc1CCc1cccc(OCF)c1)OC(=O)CCC(=O)O. The van der Waals surface area contributed by atoms with Crippen LogP contribution < -0.4 is 9.47 Å². The first-order valence-electron chi connectivity index (χ1n) is 10.9. The number of alkyl halides is 1. The van der Waals surface area contributed by atoms with Gasteiger partial charge in [0.1, 0.15) is 24.2 Å². The monoisotopic (exact) mass is 461 g/mol. The fourth-order valence-corrected chi connectivity index (χ4v) is 3.20. The van der Waals surface area contributed by atoms with E-state index >= 15 is 0 Å². The molecule has 1 N–H and O–H groups in total. The summed E-state index contributed by atoms with van der Waals surface area (Å²) in [5.74, 6) is -0.393. The minimum Gasteiger partial charge on any atom is -0.489 e. The molecule has 0 heterocycles. The van der Waals surface area contributed by atoms with Crippen molar-refractivity contribution in [3.63, 3.8) is 0 Å². The number of hydrogen-bond acceptors (Lipinski definition) is 6. The first-order valence-corrected chi connectivity index (χ1v) is 10.9.